The number of carbonyl (C=O) groups is 2. The number of nitro benzene ring substituents is 1. The summed E-state index contributed by atoms with van der Waals surface area (Å²) < 4.78 is 0. The lowest BCUT2D eigenvalue weighted by atomic mass is 10.1. The van der Waals surface area contributed by atoms with E-state index in [1.54, 1.807) is 5.32 Å². The zero-order chi connectivity index (χ0) is 18.9. The number of carboxylic acids is 1. The van der Waals surface area contributed by atoms with Crippen molar-refractivity contribution in [2.75, 3.05) is 11.9 Å². The molecule has 0 radical (unpaired) electrons. The maximum Gasteiger partial charge on any atom is 0.271 e. The second-order valence-corrected chi connectivity index (χ2v) is 5.75. The predicted molar refractivity (Wildman–Crippen MR) is 92.1 cm³/mol. The summed E-state index contributed by atoms with van der Waals surface area (Å²) in [6.45, 7) is 0.493. The van der Waals surface area contributed by atoms with Gasteiger partial charge in [-0.1, -0.05) is 36.4 Å². The molecule has 0 unspecified atom stereocenters. The van der Waals surface area contributed by atoms with Gasteiger partial charge >= 0.3 is 0 Å². The molecule has 0 saturated heterocycles. The Morgan fingerprint density at radius 2 is 1.85 bits per heavy atom. The lowest BCUT2D eigenvalue weighted by Crippen LogP contribution is -2.93. The number of anilines is 1. The van der Waals surface area contributed by atoms with Crippen LogP contribution in [0.2, 0.25) is 0 Å². The summed E-state index contributed by atoms with van der Waals surface area (Å²) in [7, 11) is 0. The van der Waals surface area contributed by atoms with Crippen molar-refractivity contribution in [3.8, 4) is 0 Å². The molecule has 1 atom stereocenters. The van der Waals surface area contributed by atoms with Gasteiger partial charge in [-0.25, -0.2) is 0 Å². The molecule has 26 heavy (non-hydrogen) atoms. The summed E-state index contributed by atoms with van der Waals surface area (Å²) >= 11 is 0. The number of carbonyl (C=O) groups excluding carboxylic acids is 2. The molecule has 136 valence electrons. The molecule has 2 aromatic rings. The maximum atomic E-state index is 12.0. The third kappa shape index (κ3) is 5.99. The molecule has 0 fully saturated rings. The molecule has 1 amide bonds. The first-order chi connectivity index (χ1) is 12.5. The standard InChI is InChI=1S/C18H19N3O5/c22-17(20-14-7-4-8-15(11-14)21(25)26)12-16(18(23)24)19-10-9-13-5-2-1-3-6-13/h1-8,11,16,19H,9-10,12H2,(H,20,22)(H,23,24)/t16-/m1/s1. The van der Waals surface area contributed by atoms with E-state index in [1.807, 2.05) is 30.3 Å². The van der Waals surface area contributed by atoms with E-state index in [9.17, 15) is 24.8 Å². The first kappa shape index (κ1) is 19.1. The van der Waals surface area contributed by atoms with E-state index >= 15 is 0 Å². The van der Waals surface area contributed by atoms with Crippen LogP contribution in [0.4, 0.5) is 11.4 Å². The summed E-state index contributed by atoms with van der Waals surface area (Å²) in [5, 5.41) is 26.0. The summed E-state index contributed by atoms with van der Waals surface area (Å²) in [5.41, 5.74) is 1.15. The fraction of sp³-hybridized carbons (Fsp3) is 0.222. The second-order valence-electron chi connectivity index (χ2n) is 5.75. The smallest absolute Gasteiger partial charge is 0.271 e. The predicted octanol–water partition coefficient (Wildman–Crippen LogP) is -0.152. The van der Waals surface area contributed by atoms with Crippen LogP contribution in [0.25, 0.3) is 0 Å². The average molecular weight is 357 g/mol. The number of nitrogens with zero attached hydrogens (tertiary/aromatic N) is 1. The highest BCUT2D eigenvalue weighted by Gasteiger charge is 2.18. The molecule has 0 aliphatic heterocycles. The summed E-state index contributed by atoms with van der Waals surface area (Å²) in [5.74, 6) is -1.87. The first-order valence-electron chi connectivity index (χ1n) is 8.08. The number of aliphatic carboxylic acids is 1. The second kappa shape index (κ2) is 9.28. The van der Waals surface area contributed by atoms with Crippen molar-refractivity contribution < 1.29 is 24.9 Å². The lowest BCUT2D eigenvalue weighted by Gasteiger charge is -2.16. The van der Waals surface area contributed by atoms with Crippen molar-refractivity contribution in [2.45, 2.75) is 18.9 Å². The number of hydrogen-bond donors (Lipinski definition) is 2. The Hall–Kier alpha value is -3.26. The van der Waals surface area contributed by atoms with Crippen LogP contribution in [0.3, 0.4) is 0 Å². The summed E-state index contributed by atoms with van der Waals surface area (Å²) in [4.78, 5) is 33.5. The number of non-ortho nitro benzene ring substituents is 1. The Bertz CT molecular complexity index is 779. The van der Waals surface area contributed by atoms with Crippen LogP contribution in [-0.4, -0.2) is 29.4 Å². The molecule has 8 heteroatoms. The molecule has 0 saturated carbocycles. The van der Waals surface area contributed by atoms with E-state index < -0.39 is 22.8 Å². The van der Waals surface area contributed by atoms with E-state index in [-0.39, 0.29) is 17.8 Å². The van der Waals surface area contributed by atoms with Gasteiger partial charge in [0.05, 0.1) is 23.9 Å². The van der Waals surface area contributed by atoms with Gasteiger partial charge in [0, 0.05) is 24.2 Å². The molecular formula is C18H19N3O5. The molecular weight excluding hydrogens is 338 g/mol. The number of hydrogen-bond acceptors (Lipinski definition) is 5. The summed E-state index contributed by atoms with van der Waals surface area (Å²) in [6.07, 6.45) is 0.372. The highest BCUT2D eigenvalue weighted by molar-refractivity contribution is 5.93. The molecule has 8 nitrogen and oxygen atoms in total. The quantitative estimate of drug-likeness (QED) is 0.476. The molecule has 2 aromatic carbocycles. The molecule has 0 bridgehead atoms. The van der Waals surface area contributed by atoms with Crippen LogP contribution in [0.15, 0.2) is 54.6 Å². The fourth-order valence-corrected chi connectivity index (χ4v) is 2.47. The zero-order valence-corrected chi connectivity index (χ0v) is 14.0. The van der Waals surface area contributed by atoms with Crippen molar-refractivity contribution in [1.29, 1.82) is 0 Å². The molecule has 2 rings (SSSR count). The molecule has 0 heterocycles. The number of nitrogens with one attached hydrogen (secondary N) is 1. The first-order valence-corrected chi connectivity index (χ1v) is 8.08. The Labute approximate surface area is 150 Å². The van der Waals surface area contributed by atoms with Gasteiger partial charge in [-0.2, -0.15) is 0 Å². The van der Waals surface area contributed by atoms with Crippen LogP contribution >= 0.6 is 0 Å². The van der Waals surface area contributed by atoms with E-state index in [1.165, 1.54) is 24.3 Å². The summed E-state index contributed by atoms with van der Waals surface area (Å²) in [6, 6.07) is 14.0. The third-order valence-electron chi connectivity index (χ3n) is 3.78. The van der Waals surface area contributed by atoms with Gasteiger partial charge in [-0.15, -0.1) is 0 Å². The molecule has 3 N–H and O–H groups in total. The van der Waals surface area contributed by atoms with Gasteiger partial charge in [-0.05, 0) is 11.6 Å². The number of rotatable bonds is 9. The maximum absolute atomic E-state index is 12.0. The number of nitro groups is 1. The minimum atomic E-state index is -1.33. The highest BCUT2D eigenvalue weighted by Crippen LogP contribution is 2.17. The number of nitrogens with two attached hydrogens (primary N) is 1. The molecule has 0 spiro atoms. The third-order valence-corrected chi connectivity index (χ3v) is 3.78. The Morgan fingerprint density at radius 3 is 2.50 bits per heavy atom. The van der Waals surface area contributed by atoms with E-state index in [2.05, 4.69) is 5.32 Å². The van der Waals surface area contributed by atoms with Crippen LogP contribution in [0.1, 0.15) is 12.0 Å². The highest BCUT2D eigenvalue weighted by atomic mass is 16.6. The Morgan fingerprint density at radius 1 is 1.12 bits per heavy atom. The fourth-order valence-electron chi connectivity index (χ4n) is 2.47. The van der Waals surface area contributed by atoms with Crippen LogP contribution in [0, 0.1) is 10.1 Å². The minimum absolute atomic E-state index is 0.159. The van der Waals surface area contributed by atoms with Gasteiger partial charge in [0.1, 0.15) is 6.04 Å². The molecule has 0 aromatic heterocycles. The molecule has 0 aliphatic carbocycles. The van der Waals surface area contributed by atoms with Crippen molar-refractivity contribution in [2.24, 2.45) is 0 Å². The normalized spacial score (nSPS) is 11.5. The minimum Gasteiger partial charge on any atom is -0.544 e. The Kier molecular flexibility index (Phi) is 6.81. The largest absolute Gasteiger partial charge is 0.544 e. The van der Waals surface area contributed by atoms with E-state index in [0.717, 1.165) is 5.56 Å². The van der Waals surface area contributed by atoms with E-state index in [0.29, 0.717) is 13.0 Å². The van der Waals surface area contributed by atoms with Gasteiger partial charge in [0.25, 0.3) is 5.69 Å². The monoisotopic (exact) mass is 357 g/mol. The Balaban J connectivity index is 1.88. The SMILES string of the molecule is O=C(C[C@@H]([NH2+]CCc1ccccc1)C(=O)[O-])Nc1cccc([N+](=O)[O-])c1. The van der Waals surface area contributed by atoms with Crippen molar-refractivity contribution in [1.82, 2.24) is 0 Å². The lowest BCUT2D eigenvalue weighted by molar-refractivity contribution is -0.682. The zero-order valence-electron chi connectivity index (χ0n) is 14.0. The number of quaternary nitrogens is 1. The number of carboxylic acid groups (broad SMARTS) is 1. The number of benzene rings is 2. The van der Waals surface area contributed by atoms with E-state index in [4.69, 9.17) is 0 Å². The van der Waals surface area contributed by atoms with Crippen LogP contribution < -0.4 is 15.7 Å². The van der Waals surface area contributed by atoms with Gasteiger partial charge in [-0.3, -0.25) is 14.9 Å². The number of amides is 1. The van der Waals surface area contributed by atoms with Gasteiger partial charge in [0.15, 0.2) is 0 Å². The van der Waals surface area contributed by atoms with Gasteiger partial charge in [0.2, 0.25) is 5.91 Å². The average Bonchev–Trinajstić information content (AvgIpc) is 2.61. The van der Waals surface area contributed by atoms with Crippen molar-refractivity contribution in [3.63, 3.8) is 0 Å². The van der Waals surface area contributed by atoms with Crippen LogP contribution in [0.5, 0.6) is 0 Å². The molecule has 0 aliphatic rings. The van der Waals surface area contributed by atoms with Crippen LogP contribution in [-0.2, 0) is 16.0 Å². The van der Waals surface area contributed by atoms with Crippen molar-refractivity contribution in [3.05, 3.63) is 70.3 Å². The van der Waals surface area contributed by atoms with Gasteiger partial charge < -0.3 is 20.5 Å². The topological polar surface area (TPSA) is 129 Å². The van der Waals surface area contributed by atoms with Crippen molar-refractivity contribution >= 4 is 23.3 Å².